The molecule has 27 heavy (non-hydrogen) atoms. The van der Waals surface area contributed by atoms with Crippen molar-refractivity contribution in [2.75, 3.05) is 11.5 Å². The Labute approximate surface area is 163 Å². The topological polar surface area (TPSA) is 102 Å². The van der Waals surface area contributed by atoms with Gasteiger partial charge in [-0.05, 0) is 37.0 Å². The largest absolute Gasteiger partial charge is 0.299 e. The van der Waals surface area contributed by atoms with Crippen LogP contribution in [0.5, 0.6) is 0 Å². The number of hydrogen-bond donors (Lipinski definition) is 0. The van der Waals surface area contributed by atoms with Gasteiger partial charge in [0.05, 0.1) is 32.6 Å². The van der Waals surface area contributed by atoms with Crippen molar-refractivity contribution in [3.63, 3.8) is 0 Å². The average Bonchev–Trinajstić information content (AvgIpc) is 2.90. The van der Waals surface area contributed by atoms with Crippen LogP contribution < -0.4 is 0 Å². The van der Waals surface area contributed by atoms with Crippen molar-refractivity contribution in [1.82, 2.24) is 0 Å². The third-order valence-corrected chi connectivity index (χ3v) is 9.50. The number of halogens is 1. The van der Waals surface area contributed by atoms with Gasteiger partial charge in [-0.15, -0.1) is 6.58 Å². The SMILES string of the molecule is C=CCS(=O)(=O)C1CCCC(=O)C1C(=O)c1ccc2c(c1Cl)CCS2(=O)=O. The molecule has 6 nitrogen and oxygen atoms in total. The molecule has 3 rings (SSSR count). The molecule has 0 bridgehead atoms. The van der Waals surface area contributed by atoms with Gasteiger partial charge in [-0.2, -0.15) is 0 Å². The zero-order valence-electron chi connectivity index (χ0n) is 14.5. The number of carbonyl (C=O) groups excluding carboxylic acids is 2. The molecule has 2 aliphatic rings. The molecular formula is C18H19ClO6S2. The summed E-state index contributed by atoms with van der Waals surface area (Å²) in [6.45, 7) is 3.43. The highest BCUT2D eigenvalue weighted by molar-refractivity contribution is 7.92. The molecule has 2 unspecified atom stereocenters. The lowest BCUT2D eigenvalue weighted by Gasteiger charge is -2.29. The molecule has 1 aromatic rings. The van der Waals surface area contributed by atoms with Gasteiger partial charge in [0.1, 0.15) is 5.78 Å². The molecule has 9 heteroatoms. The van der Waals surface area contributed by atoms with Gasteiger partial charge >= 0.3 is 0 Å². The summed E-state index contributed by atoms with van der Waals surface area (Å²) in [5.41, 5.74) is 0.364. The van der Waals surface area contributed by atoms with E-state index in [0.29, 0.717) is 12.0 Å². The second-order valence-electron chi connectivity index (χ2n) is 6.83. The van der Waals surface area contributed by atoms with Crippen molar-refractivity contribution < 1.29 is 26.4 Å². The molecule has 1 aliphatic heterocycles. The van der Waals surface area contributed by atoms with Crippen molar-refractivity contribution in [3.05, 3.63) is 40.9 Å². The molecule has 0 radical (unpaired) electrons. The van der Waals surface area contributed by atoms with Crippen LogP contribution in [0.4, 0.5) is 0 Å². The maximum Gasteiger partial charge on any atom is 0.179 e. The van der Waals surface area contributed by atoms with Crippen LogP contribution >= 0.6 is 11.6 Å². The molecule has 0 spiro atoms. The zero-order valence-corrected chi connectivity index (χ0v) is 16.9. The first-order chi connectivity index (χ1) is 12.6. The normalized spacial score (nSPS) is 24.4. The van der Waals surface area contributed by atoms with Crippen molar-refractivity contribution >= 4 is 42.8 Å². The Hall–Kier alpha value is -1.51. The average molecular weight is 431 g/mol. The maximum atomic E-state index is 13.1. The minimum absolute atomic E-state index is 0.00295. The Morgan fingerprint density at radius 3 is 2.67 bits per heavy atom. The van der Waals surface area contributed by atoms with Crippen LogP contribution in [-0.4, -0.2) is 45.2 Å². The van der Waals surface area contributed by atoms with Crippen molar-refractivity contribution in [2.24, 2.45) is 5.92 Å². The Kier molecular flexibility index (Phi) is 5.35. The molecule has 0 saturated heterocycles. The number of ketones is 2. The number of sulfone groups is 2. The third kappa shape index (κ3) is 3.50. The van der Waals surface area contributed by atoms with Gasteiger partial charge in [-0.25, -0.2) is 16.8 Å². The highest BCUT2D eigenvalue weighted by atomic mass is 35.5. The van der Waals surface area contributed by atoms with Gasteiger partial charge in [-0.1, -0.05) is 17.7 Å². The lowest BCUT2D eigenvalue weighted by atomic mass is 9.82. The van der Waals surface area contributed by atoms with E-state index in [-0.39, 0.29) is 46.2 Å². The quantitative estimate of drug-likeness (QED) is 0.403. The molecule has 1 fully saturated rings. The molecular weight excluding hydrogens is 412 g/mol. The highest BCUT2D eigenvalue weighted by Crippen LogP contribution is 2.37. The van der Waals surface area contributed by atoms with E-state index < -0.39 is 42.4 Å². The van der Waals surface area contributed by atoms with Gasteiger partial charge < -0.3 is 0 Å². The third-order valence-electron chi connectivity index (χ3n) is 5.15. The molecule has 0 amide bonds. The minimum Gasteiger partial charge on any atom is -0.299 e. The van der Waals surface area contributed by atoms with Crippen LogP contribution in [0, 0.1) is 5.92 Å². The van der Waals surface area contributed by atoms with E-state index in [2.05, 4.69) is 6.58 Å². The minimum atomic E-state index is -3.71. The number of Topliss-reactive ketones (excluding diaryl/α,β-unsaturated/α-hetero) is 2. The predicted octanol–water partition coefficient (Wildman–Crippen LogP) is 2.19. The van der Waals surface area contributed by atoms with Crippen LogP contribution in [0.3, 0.4) is 0 Å². The van der Waals surface area contributed by atoms with E-state index >= 15 is 0 Å². The second-order valence-corrected chi connectivity index (χ2v) is 11.5. The fourth-order valence-electron chi connectivity index (χ4n) is 3.83. The van der Waals surface area contributed by atoms with E-state index in [1.807, 2.05) is 0 Å². The van der Waals surface area contributed by atoms with Crippen molar-refractivity contribution in [2.45, 2.75) is 35.8 Å². The first-order valence-corrected chi connectivity index (χ1v) is 12.3. The van der Waals surface area contributed by atoms with Gasteiger partial charge in [0.15, 0.2) is 25.5 Å². The molecule has 1 aromatic carbocycles. The molecule has 0 N–H and O–H groups in total. The Morgan fingerprint density at radius 2 is 2.00 bits per heavy atom. The van der Waals surface area contributed by atoms with Crippen LogP contribution in [0.25, 0.3) is 0 Å². The second kappa shape index (κ2) is 7.14. The number of hydrogen-bond acceptors (Lipinski definition) is 6. The van der Waals surface area contributed by atoms with Crippen LogP contribution in [0.1, 0.15) is 35.2 Å². The Bertz CT molecular complexity index is 1040. The summed E-state index contributed by atoms with van der Waals surface area (Å²) in [6, 6.07) is 2.60. The molecule has 1 heterocycles. The van der Waals surface area contributed by atoms with Crippen LogP contribution in [0.15, 0.2) is 29.7 Å². The van der Waals surface area contributed by atoms with Gasteiger partial charge in [0, 0.05) is 12.0 Å². The molecule has 0 aromatic heterocycles. The molecule has 1 saturated carbocycles. The number of fused-ring (bicyclic) bond motifs is 1. The number of carbonyl (C=O) groups is 2. The van der Waals surface area contributed by atoms with Crippen LogP contribution in [0.2, 0.25) is 5.02 Å². The lowest BCUT2D eigenvalue weighted by Crippen LogP contribution is -2.44. The van der Waals surface area contributed by atoms with E-state index in [9.17, 15) is 26.4 Å². The van der Waals surface area contributed by atoms with Crippen LogP contribution in [-0.2, 0) is 30.9 Å². The first kappa shape index (κ1) is 20.2. The smallest absolute Gasteiger partial charge is 0.179 e. The highest BCUT2D eigenvalue weighted by Gasteiger charge is 2.45. The zero-order chi connectivity index (χ0) is 20.0. The number of benzene rings is 1. The number of rotatable bonds is 5. The summed E-state index contributed by atoms with van der Waals surface area (Å²) in [6.07, 6.45) is 2.18. The monoisotopic (exact) mass is 430 g/mol. The van der Waals surface area contributed by atoms with E-state index in [1.165, 1.54) is 18.2 Å². The fourth-order valence-corrected chi connectivity index (χ4v) is 7.58. The summed E-state index contributed by atoms with van der Waals surface area (Å²) in [7, 11) is -7.13. The van der Waals surface area contributed by atoms with Gasteiger partial charge in [-0.3, -0.25) is 9.59 Å². The fraction of sp³-hybridized carbons (Fsp3) is 0.444. The first-order valence-electron chi connectivity index (χ1n) is 8.53. The molecule has 1 aliphatic carbocycles. The standard InChI is InChI=1S/C18H19ClO6S2/c1-2-9-26(22,23)15-5-3-4-13(20)16(15)18(21)12-6-7-14-11(17(12)19)8-10-27(14,24)25/h2,6-7,15-16H,1,3-5,8-10H2. The lowest BCUT2D eigenvalue weighted by molar-refractivity contribution is -0.122. The Balaban J connectivity index is 2.06. The summed E-state index contributed by atoms with van der Waals surface area (Å²) in [4.78, 5) is 25.7. The van der Waals surface area contributed by atoms with E-state index in [1.54, 1.807) is 0 Å². The van der Waals surface area contributed by atoms with Crippen molar-refractivity contribution in [1.29, 1.82) is 0 Å². The maximum absolute atomic E-state index is 13.1. The summed E-state index contributed by atoms with van der Waals surface area (Å²) in [5.74, 6) is -2.80. The molecule has 2 atom stereocenters. The summed E-state index contributed by atoms with van der Waals surface area (Å²) < 4.78 is 49.1. The van der Waals surface area contributed by atoms with E-state index in [4.69, 9.17) is 11.6 Å². The molecule has 146 valence electrons. The van der Waals surface area contributed by atoms with E-state index in [0.717, 1.165) is 0 Å². The summed E-state index contributed by atoms with van der Waals surface area (Å²) in [5, 5.41) is -1.12. The van der Waals surface area contributed by atoms with Gasteiger partial charge in [0.25, 0.3) is 0 Å². The van der Waals surface area contributed by atoms with Gasteiger partial charge in [0.2, 0.25) is 0 Å². The predicted molar refractivity (Wildman–Crippen MR) is 102 cm³/mol. The summed E-state index contributed by atoms with van der Waals surface area (Å²) >= 11 is 6.30. The Morgan fingerprint density at radius 1 is 1.30 bits per heavy atom. The van der Waals surface area contributed by atoms with Crippen molar-refractivity contribution in [3.8, 4) is 0 Å².